The van der Waals surface area contributed by atoms with Crippen molar-refractivity contribution in [3.63, 3.8) is 0 Å². The molecule has 0 unspecified atom stereocenters. The van der Waals surface area contributed by atoms with Crippen LogP contribution in [0.1, 0.15) is 0 Å². The molecular formula is C14H16N2O3. The standard InChI is InChI=1S/C14H16N2O3/c1-18-12-7-11(8-13(9-12)19-2)15-14(17)10-16-5-3-4-6-16/h3-9H,10H2,1-2H3,(H,15,17). The highest BCUT2D eigenvalue weighted by molar-refractivity contribution is 5.91. The summed E-state index contributed by atoms with van der Waals surface area (Å²) in [5.41, 5.74) is 0.647. The SMILES string of the molecule is COc1cc(NC(=O)Cn2cccc2)cc(OC)c1. The first-order valence-corrected chi connectivity index (χ1v) is 5.85. The lowest BCUT2D eigenvalue weighted by Crippen LogP contribution is -2.17. The summed E-state index contributed by atoms with van der Waals surface area (Å²) in [5.74, 6) is 1.16. The van der Waals surface area contributed by atoms with E-state index in [1.807, 2.05) is 24.5 Å². The van der Waals surface area contributed by atoms with Crippen LogP contribution in [0.3, 0.4) is 0 Å². The predicted molar refractivity (Wildman–Crippen MR) is 72.6 cm³/mol. The van der Waals surface area contributed by atoms with Gasteiger partial charge in [0.25, 0.3) is 0 Å². The number of nitrogens with zero attached hydrogens (tertiary/aromatic N) is 1. The topological polar surface area (TPSA) is 52.5 Å². The number of benzene rings is 1. The molecular weight excluding hydrogens is 244 g/mol. The summed E-state index contributed by atoms with van der Waals surface area (Å²) in [6.07, 6.45) is 3.68. The van der Waals surface area contributed by atoms with Crippen molar-refractivity contribution in [1.82, 2.24) is 4.57 Å². The molecule has 19 heavy (non-hydrogen) atoms. The number of nitrogens with one attached hydrogen (secondary N) is 1. The van der Waals surface area contributed by atoms with Crippen LogP contribution in [-0.2, 0) is 11.3 Å². The number of hydrogen-bond acceptors (Lipinski definition) is 3. The summed E-state index contributed by atoms with van der Waals surface area (Å²) in [6.45, 7) is 0.270. The average Bonchev–Trinajstić information content (AvgIpc) is 2.90. The van der Waals surface area contributed by atoms with Crippen molar-refractivity contribution in [1.29, 1.82) is 0 Å². The van der Waals surface area contributed by atoms with Crippen molar-refractivity contribution in [2.24, 2.45) is 0 Å². The average molecular weight is 260 g/mol. The highest BCUT2D eigenvalue weighted by Crippen LogP contribution is 2.25. The summed E-state index contributed by atoms with van der Waals surface area (Å²) in [7, 11) is 3.14. The first-order valence-electron chi connectivity index (χ1n) is 5.85. The maximum atomic E-state index is 11.9. The van der Waals surface area contributed by atoms with Crippen molar-refractivity contribution in [3.05, 3.63) is 42.7 Å². The molecule has 2 rings (SSSR count). The molecule has 1 amide bonds. The number of methoxy groups -OCH3 is 2. The van der Waals surface area contributed by atoms with Crippen LogP contribution in [0.4, 0.5) is 5.69 Å². The first-order chi connectivity index (χ1) is 9.21. The molecule has 1 heterocycles. The van der Waals surface area contributed by atoms with E-state index in [1.54, 1.807) is 37.0 Å². The van der Waals surface area contributed by atoms with Crippen LogP contribution in [0.15, 0.2) is 42.7 Å². The second-order valence-electron chi connectivity index (χ2n) is 4.00. The third-order valence-electron chi connectivity index (χ3n) is 2.63. The van der Waals surface area contributed by atoms with Gasteiger partial charge in [-0.2, -0.15) is 0 Å². The number of carbonyl (C=O) groups excluding carboxylic acids is 1. The predicted octanol–water partition coefficient (Wildman–Crippen LogP) is 2.14. The van der Waals surface area contributed by atoms with Gasteiger partial charge in [0, 0.05) is 36.3 Å². The minimum Gasteiger partial charge on any atom is -0.497 e. The Balaban J connectivity index is 2.07. The zero-order chi connectivity index (χ0) is 13.7. The summed E-state index contributed by atoms with van der Waals surface area (Å²) in [5, 5.41) is 2.81. The summed E-state index contributed by atoms with van der Waals surface area (Å²) < 4.78 is 12.1. The van der Waals surface area contributed by atoms with Crippen molar-refractivity contribution in [3.8, 4) is 11.5 Å². The smallest absolute Gasteiger partial charge is 0.244 e. The fraction of sp³-hybridized carbons (Fsp3) is 0.214. The zero-order valence-electron chi connectivity index (χ0n) is 10.9. The molecule has 5 heteroatoms. The summed E-state index contributed by atoms with van der Waals surface area (Å²) in [6, 6.07) is 9.00. The molecule has 1 aromatic carbocycles. The van der Waals surface area contributed by atoms with E-state index in [-0.39, 0.29) is 12.5 Å². The third-order valence-corrected chi connectivity index (χ3v) is 2.63. The van der Waals surface area contributed by atoms with Crippen LogP contribution in [-0.4, -0.2) is 24.7 Å². The Hall–Kier alpha value is -2.43. The molecule has 0 radical (unpaired) electrons. The molecule has 1 N–H and O–H groups in total. The van der Waals surface area contributed by atoms with Gasteiger partial charge in [-0.15, -0.1) is 0 Å². The van der Waals surface area contributed by atoms with Gasteiger partial charge in [-0.25, -0.2) is 0 Å². The molecule has 0 aliphatic heterocycles. The number of aromatic nitrogens is 1. The van der Waals surface area contributed by atoms with Crippen LogP contribution in [0.5, 0.6) is 11.5 Å². The minimum atomic E-state index is -0.105. The van der Waals surface area contributed by atoms with Crippen LogP contribution >= 0.6 is 0 Å². The fourth-order valence-electron chi connectivity index (χ4n) is 1.72. The van der Waals surface area contributed by atoms with Gasteiger partial charge < -0.3 is 19.4 Å². The van der Waals surface area contributed by atoms with Gasteiger partial charge in [0.2, 0.25) is 5.91 Å². The normalized spacial score (nSPS) is 10.0. The lowest BCUT2D eigenvalue weighted by atomic mass is 10.2. The highest BCUT2D eigenvalue weighted by Gasteiger charge is 2.06. The fourth-order valence-corrected chi connectivity index (χ4v) is 1.72. The molecule has 1 aromatic heterocycles. The maximum absolute atomic E-state index is 11.9. The lowest BCUT2D eigenvalue weighted by Gasteiger charge is -2.10. The van der Waals surface area contributed by atoms with E-state index >= 15 is 0 Å². The Bertz CT molecular complexity index is 528. The van der Waals surface area contributed by atoms with E-state index in [1.165, 1.54) is 0 Å². The minimum absolute atomic E-state index is 0.105. The lowest BCUT2D eigenvalue weighted by molar-refractivity contribution is -0.116. The molecule has 0 atom stereocenters. The van der Waals surface area contributed by atoms with Gasteiger partial charge in [0.05, 0.1) is 14.2 Å². The van der Waals surface area contributed by atoms with E-state index in [9.17, 15) is 4.79 Å². The van der Waals surface area contributed by atoms with E-state index in [0.717, 1.165) is 0 Å². The quantitative estimate of drug-likeness (QED) is 0.896. The second kappa shape index (κ2) is 5.95. The molecule has 0 spiro atoms. The van der Waals surface area contributed by atoms with E-state index in [2.05, 4.69) is 5.32 Å². The van der Waals surface area contributed by atoms with Crippen molar-refractivity contribution in [2.45, 2.75) is 6.54 Å². The van der Waals surface area contributed by atoms with Gasteiger partial charge in [-0.3, -0.25) is 4.79 Å². The number of amides is 1. The Morgan fingerprint density at radius 3 is 2.21 bits per heavy atom. The molecule has 0 saturated carbocycles. The van der Waals surface area contributed by atoms with Crippen molar-refractivity contribution < 1.29 is 14.3 Å². The zero-order valence-corrected chi connectivity index (χ0v) is 10.9. The monoisotopic (exact) mass is 260 g/mol. The number of hydrogen-bond donors (Lipinski definition) is 1. The van der Waals surface area contributed by atoms with Gasteiger partial charge in [-0.1, -0.05) is 0 Å². The first kappa shape index (κ1) is 13.0. The Morgan fingerprint density at radius 2 is 1.68 bits per heavy atom. The number of carbonyl (C=O) groups is 1. The Labute approximate surface area is 111 Å². The van der Waals surface area contributed by atoms with Gasteiger partial charge in [-0.05, 0) is 12.1 Å². The molecule has 0 aliphatic rings. The third kappa shape index (κ3) is 3.51. The molecule has 0 bridgehead atoms. The Kier molecular flexibility index (Phi) is 4.07. The highest BCUT2D eigenvalue weighted by atomic mass is 16.5. The summed E-state index contributed by atoms with van der Waals surface area (Å²) >= 11 is 0. The molecule has 5 nitrogen and oxygen atoms in total. The molecule has 0 aliphatic carbocycles. The Morgan fingerprint density at radius 1 is 1.11 bits per heavy atom. The molecule has 100 valence electrons. The van der Waals surface area contributed by atoms with Gasteiger partial charge in [0.15, 0.2) is 0 Å². The number of anilines is 1. The maximum Gasteiger partial charge on any atom is 0.244 e. The van der Waals surface area contributed by atoms with E-state index < -0.39 is 0 Å². The summed E-state index contributed by atoms with van der Waals surface area (Å²) in [4.78, 5) is 11.9. The number of ether oxygens (including phenoxy) is 2. The van der Waals surface area contributed by atoms with Crippen LogP contribution in [0.25, 0.3) is 0 Å². The van der Waals surface area contributed by atoms with Crippen LogP contribution < -0.4 is 14.8 Å². The number of rotatable bonds is 5. The molecule has 0 saturated heterocycles. The molecule has 0 fully saturated rings. The van der Waals surface area contributed by atoms with E-state index in [0.29, 0.717) is 17.2 Å². The van der Waals surface area contributed by atoms with Crippen molar-refractivity contribution >= 4 is 11.6 Å². The van der Waals surface area contributed by atoms with Crippen molar-refractivity contribution in [2.75, 3.05) is 19.5 Å². The van der Waals surface area contributed by atoms with Crippen LogP contribution in [0, 0.1) is 0 Å². The van der Waals surface area contributed by atoms with Gasteiger partial charge in [0.1, 0.15) is 18.0 Å². The van der Waals surface area contributed by atoms with E-state index in [4.69, 9.17) is 9.47 Å². The largest absolute Gasteiger partial charge is 0.497 e. The van der Waals surface area contributed by atoms with Crippen LogP contribution in [0.2, 0.25) is 0 Å². The molecule has 2 aromatic rings. The van der Waals surface area contributed by atoms with Gasteiger partial charge >= 0.3 is 0 Å². The second-order valence-corrected chi connectivity index (χ2v) is 4.00.